The molecule has 0 radical (unpaired) electrons. The van der Waals surface area contributed by atoms with Crippen LogP contribution in [0, 0.1) is 0 Å². The third-order valence-electron chi connectivity index (χ3n) is 4.65. The quantitative estimate of drug-likeness (QED) is 0.570. The van der Waals surface area contributed by atoms with E-state index in [1.54, 1.807) is 48.5 Å². The summed E-state index contributed by atoms with van der Waals surface area (Å²) in [7, 11) is 0. The van der Waals surface area contributed by atoms with Crippen LogP contribution in [0.5, 0.6) is 5.75 Å². The van der Waals surface area contributed by atoms with Gasteiger partial charge in [-0.25, -0.2) is 0 Å². The number of para-hydroxylation sites is 1. The molecule has 2 amide bonds. The zero-order valence-corrected chi connectivity index (χ0v) is 18.5. The first-order valence-corrected chi connectivity index (χ1v) is 10.7. The van der Waals surface area contributed by atoms with Gasteiger partial charge in [0.05, 0.1) is 23.5 Å². The topological polar surface area (TPSA) is 88.7 Å². The third-order valence-corrected chi connectivity index (χ3v) is 4.85. The van der Waals surface area contributed by atoms with Crippen LogP contribution in [0.4, 0.5) is 5.69 Å². The highest BCUT2D eigenvalue weighted by atomic mass is 32.1. The number of anilines is 1. The van der Waals surface area contributed by atoms with E-state index in [4.69, 9.17) is 21.7 Å². The first kappa shape index (κ1) is 22.7. The minimum Gasteiger partial charge on any atom is -0.491 e. The highest BCUT2D eigenvalue weighted by molar-refractivity contribution is 7.80. The molecule has 2 aromatic rings. The second kappa shape index (κ2) is 10.9. The van der Waals surface area contributed by atoms with Crippen LogP contribution >= 0.6 is 12.2 Å². The van der Waals surface area contributed by atoms with E-state index < -0.39 is 0 Å². The Labute approximate surface area is 187 Å². The van der Waals surface area contributed by atoms with Gasteiger partial charge in [0, 0.05) is 18.7 Å². The van der Waals surface area contributed by atoms with Crippen molar-refractivity contribution in [1.82, 2.24) is 10.6 Å². The summed E-state index contributed by atoms with van der Waals surface area (Å²) in [6.45, 7) is 5.07. The zero-order chi connectivity index (χ0) is 22.2. The lowest BCUT2D eigenvalue weighted by Crippen LogP contribution is -2.35. The first-order chi connectivity index (χ1) is 14.9. The van der Waals surface area contributed by atoms with Gasteiger partial charge in [-0.05, 0) is 75.3 Å². The number of benzene rings is 2. The Morgan fingerprint density at radius 3 is 2.55 bits per heavy atom. The molecule has 0 unspecified atom stereocenters. The first-order valence-electron chi connectivity index (χ1n) is 10.3. The Morgan fingerprint density at radius 2 is 1.87 bits per heavy atom. The number of hydrogen-bond donors (Lipinski definition) is 3. The number of nitrogens with one attached hydrogen (secondary N) is 3. The fourth-order valence-electron chi connectivity index (χ4n) is 3.18. The summed E-state index contributed by atoms with van der Waals surface area (Å²) in [6.07, 6.45) is 2.07. The molecule has 1 aliphatic rings. The van der Waals surface area contributed by atoms with Crippen LogP contribution in [-0.2, 0) is 4.74 Å². The SMILES string of the molecule is CC(C)Oc1ccc(C(=O)NC(=S)Nc2ccccc2C(=O)NC[C@@H]2CCCO2)cc1. The molecule has 7 nitrogen and oxygen atoms in total. The third kappa shape index (κ3) is 6.77. The smallest absolute Gasteiger partial charge is 0.257 e. The van der Waals surface area contributed by atoms with Crippen molar-refractivity contribution >= 4 is 34.8 Å². The molecule has 0 saturated carbocycles. The predicted molar refractivity (Wildman–Crippen MR) is 124 cm³/mol. The Morgan fingerprint density at radius 1 is 1.13 bits per heavy atom. The lowest BCUT2D eigenvalue weighted by atomic mass is 10.1. The van der Waals surface area contributed by atoms with Gasteiger partial charge >= 0.3 is 0 Å². The van der Waals surface area contributed by atoms with Crippen molar-refractivity contribution in [2.24, 2.45) is 0 Å². The fraction of sp³-hybridized carbons (Fsp3) is 0.348. The summed E-state index contributed by atoms with van der Waals surface area (Å²) in [6, 6.07) is 13.8. The molecule has 0 bridgehead atoms. The van der Waals surface area contributed by atoms with E-state index in [-0.39, 0.29) is 29.1 Å². The standard InChI is InChI=1S/C23H27N3O4S/c1-15(2)30-17-11-9-16(10-12-17)21(27)26-23(31)25-20-8-4-3-7-19(20)22(28)24-14-18-6-5-13-29-18/h3-4,7-12,15,18H,5-6,13-14H2,1-2H3,(H,24,28)(H2,25,26,27,31)/t18-/m0/s1. The molecule has 3 rings (SSSR count). The van der Waals surface area contributed by atoms with Crippen LogP contribution in [0.15, 0.2) is 48.5 Å². The summed E-state index contributed by atoms with van der Waals surface area (Å²) in [5, 5.41) is 8.57. The van der Waals surface area contributed by atoms with Crippen LogP contribution in [0.25, 0.3) is 0 Å². The van der Waals surface area contributed by atoms with Crippen LogP contribution in [0.1, 0.15) is 47.4 Å². The average Bonchev–Trinajstić information content (AvgIpc) is 3.26. The van der Waals surface area contributed by atoms with Crippen molar-refractivity contribution in [1.29, 1.82) is 0 Å². The van der Waals surface area contributed by atoms with Crippen molar-refractivity contribution in [3.63, 3.8) is 0 Å². The predicted octanol–water partition coefficient (Wildman–Crippen LogP) is 3.51. The van der Waals surface area contributed by atoms with Gasteiger partial charge in [0.2, 0.25) is 0 Å². The summed E-state index contributed by atoms with van der Waals surface area (Å²) < 4.78 is 11.1. The van der Waals surface area contributed by atoms with Crippen LogP contribution in [0.3, 0.4) is 0 Å². The Hall–Kier alpha value is -2.97. The number of carbonyl (C=O) groups is 2. The van der Waals surface area contributed by atoms with Gasteiger partial charge in [0.15, 0.2) is 5.11 Å². The maximum Gasteiger partial charge on any atom is 0.257 e. The summed E-state index contributed by atoms with van der Waals surface area (Å²) in [5.74, 6) is 0.109. The molecule has 164 valence electrons. The van der Waals surface area contributed by atoms with Crippen LogP contribution in [0.2, 0.25) is 0 Å². The van der Waals surface area contributed by atoms with Gasteiger partial charge in [-0.15, -0.1) is 0 Å². The lowest BCUT2D eigenvalue weighted by molar-refractivity contribution is 0.0858. The number of hydrogen-bond acceptors (Lipinski definition) is 5. The fourth-order valence-corrected chi connectivity index (χ4v) is 3.39. The second-order valence-corrected chi connectivity index (χ2v) is 7.90. The molecule has 1 aliphatic heterocycles. The van der Waals surface area contributed by atoms with Gasteiger partial charge in [-0.2, -0.15) is 0 Å². The maximum absolute atomic E-state index is 12.6. The number of thiocarbonyl (C=S) groups is 1. The second-order valence-electron chi connectivity index (χ2n) is 7.49. The van der Waals surface area contributed by atoms with Crippen molar-refractivity contribution in [2.75, 3.05) is 18.5 Å². The lowest BCUT2D eigenvalue weighted by Gasteiger charge is -2.15. The van der Waals surface area contributed by atoms with Crippen molar-refractivity contribution in [3.8, 4) is 5.75 Å². The van der Waals surface area contributed by atoms with Gasteiger partial charge in [-0.3, -0.25) is 14.9 Å². The number of ether oxygens (including phenoxy) is 2. The molecular formula is C23H27N3O4S. The number of amides is 2. The molecule has 31 heavy (non-hydrogen) atoms. The summed E-state index contributed by atoms with van der Waals surface area (Å²) >= 11 is 5.27. The minimum absolute atomic E-state index is 0.0550. The molecule has 1 fully saturated rings. The number of rotatable bonds is 7. The molecule has 0 aliphatic carbocycles. The van der Waals surface area contributed by atoms with E-state index in [0.29, 0.717) is 29.1 Å². The molecule has 0 spiro atoms. The van der Waals surface area contributed by atoms with E-state index in [1.165, 1.54) is 0 Å². The highest BCUT2D eigenvalue weighted by Gasteiger charge is 2.18. The number of carbonyl (C=O) groups excluding carboxylic acids is 2. The Balaban J connectivity index is 1.57. The Kier molecular flexibility index (Phi) is 7.97. The van der Waals surface area contributed by atoms with E-state index in [2.05, 4.69) is 16.0 Å². The van der Waals surface area contributed by atoms with Gasteiger partial charge in [0.1, 0.15) is 5.75 Å². The van der Waals surface area contributed by atoms with E-state index >= 15 is 0 Å². The average molecular weight is 442 g/mol. The van der Waals surface area contributed by atoms with Gasteiger partial charge in [0.25, 0.3) is 11.8 Å². The van der Waals surface area contributed by atoms with E-state index in [9.17, 15) is 9.59 Å². The monoisotopic (exact) mass is 441 g/mol. The van der Waals surface area contributed by atoms with Crippen molar-refractivity contribution < 1.29 is 19.1 Å². The molecular weight excluding hydrogens is 414 g/mol. The summed E-state index contributed by atoms with van der Waals surface area (Å²) in [5.41, 5.74) is 1.40. The molecule has 8 heteroatoms. The zero-order valence-electron chi connectivity index (χ0n) is 17.6. The van der Waals surface area contributed by atoms with Crippen LogP contribution in [-0.4, -0.2) is 42.3 Å². The van der Waals surface area contributed by atoms with Gasteiger partial charge in [-0.1, -0.05) is 12.1 Å². The maximum atomic E-state index is 12.6. The largest absolute Gasteiger partial charge is 0.491 e. The molecule has 0 aromatic heterocycles. The van der Waals surface area contributed by atoms with E-state index in [0.717, 1.165) is 19.4 Å². The normalized spacial score (nSPS) is 15.4. The molecule has 1 heterocycles. The van der Waals surface area contributed by atoms with Gasteiger partial charge < -0.3 is 20.1 Å². The van der Waals surface area contributed by atoms with Crippen molar-refractivity contribution in [2.45, 2.75) is 38.9 Å². The van der Waals surface area contributed by atoms with Crippen molar-refractivity contribution in [3.05, 3.63) is 59.7 Å². The highest BCUT2D eigenvalue weighted by Crippen LogP contribution is 2.17. The Bertz CT molecular complexity index is 925. The molecule has 1 saturated heterocycles. The van der Waals surface area contributed by atoms with E-state index in [1.807, 2.05) is 13.8 Å². The molecule has 3 N–H and O–H groups in total. The molecule has 2 aromatic carbocycles. The minimum atomic E-state index is -0.353. The molecule has 1 atom stereocenters. The van der Waals surface area contributed by atoms with Crippen LogP contribution < -0.4 is 20.7 Å². The summed E-state index contributed by atoms with van der Waals surface area (Å²) in [4.78, 5) is 25.1.